The fraction of sp³-hybridized carbons (Fsp3) is 0.333. The zero-order chi connectivity index (χ0) is 8.77. The van der Waals surface area contributed by atoms with Crippen molar-refractivity contribution in [2.75, 3.05) is 6.61 Å². The number of nitrogens with two attached hydrogens (primary N) is 1. The van der Waals surface area contributed by atoms with Crippen LogP contribution in [0, 0.1) is 0 Å². The van der Waals surface area contributed by atoms with E-state index in [1.165, 1.54) is 0 Å². The summed E-state index contributed by atoms with van der Waals surface area (Å²) in [4.78, 5) is 0. The van der Waals surface area contributed by atoms with Gasteiger partial charge in [-0.25, -0.2) is 0 Å². The Morgan fingerprint density at radius 3 is 3.08 bits per heavy atom. The Balaban J connectivity index is 2.55. The lowest BCUT2D eigenvalue weighted by molar-refractivity contribution is 0.282. The van der Waals surface area contributed by atoms with Crippen molar-refractivity contribution in [3.05, 3.63) is 28.2 Å². The minimum atomic E-state index is -0.323. The number of fused-ring (bicyclic) bond motifs is 1. The summed E-state index contributed by atoms with van der Waals surface area (Å²) >= 11 is 3.38. The van der Waals surface area contributed by atoms with Gasteiger partial charge in [0.15, 0.2) is 0 Å². The molecule has 12 heavy (non-hydrogen) atoms. The van der Waals surface area contributed by atoms with Crippen LogP contribution in [-0.4, -0.2) is 6.61 Å². The first-order valence-corrected chi connectivity index (χ1v) is 4.61. The summed E-state index contributed by atoms with van der Waals surface area (Å²) in [5.74, 6) is 0.898. The molecule has 1 aliphatic rings. The lowest BCUT2D eigenvalue weighted by Crippen LogP contribution is -2.34. The predicted octanol–water partition coefficient (Wildman–Crippen LogP) is 2.02. The molecular weight excluding hydrogens is 218 g/mol. The SMILES string of the molecule is C[C@]1(N)COc2cc(Br)ccc21. The Bertz CT molecular complexity index is 322. The third-order valence-corrected chi connectivity index (χ3v) is 2.58. The van der Waals surface area contributed by atoms with E-state index in [1.807, 2.05) is 25.1 Å². The summed E-state index contributed by atoms with van der Waals surface area (Å²) in [6.07, 6.45) is 0. The fourth-order valence-corrected chi connectivity index (χ4v) is 1.73. The Kier molecular flexibility index (Phi) is 1.66. The molecule has 0 unspecified atom stereocenters. The zero-order valence-corrected chi connectivity index (χ0v) is 8.39. The van der Waals surface area contributed by atoms with Gasteiger partial charge in [0.1, 0.15) is 12.4 Å². The van der Waals surface area contributed by atoms with Gasteiger partial charge in [0.25, 0.3) is 0 Å². The molecule has 0 aliphatic carbocycles. The van der Waals surface area contributed by atoms with E-state index in [9.17, 15) is 0 Å². The van der Waals surface area contributed by atoms with E-state index in [0.29, 0.717) is 6.61 Å². The molecule has 1 atom stereocenters. The number of hydrogen-bond acceptors (Lipinski definition) is 2. The highest BCUT2D eigenvalue weighted by atomic mass is 79.9. The minimum Gasteiger partial charge on any atom is -0.491 e. The molecular formula is C9H10BrNO. The highest BCUT2D eigenvalue weighted by Gasteiger charge is 2.31. The average Bonchev–Trinajstić information content (AvgIpc) is 2.27. The van der Waals surface area contributed by atoms with Gasteiger partial charge in [0.05, 0.1) is 5.54 Å². The number of rotatable bonds is 0. The third-order valence-electron chi connectivity index (χ3n) is 2.09. The lowest BCUT2D eigenvalue weighted by Gasteiger charge is -2.14. The van der Waals surface area contributed by atoms with Crippen molar-refractivity contribution in [2.24, 2.45) is 5.73 Å². The van der Waals surface area contributed by atoms with E-state index in [0.717, 1.165) is 15.8 Å². The number of halogens is 1. The molecule has 1 aromatic rings. The monoisotopic (exact) mass is 227 g/mol. The standard InChI is InChI=1S/C9H10BrNO/c1-9(11)5-12-8-4-6(10)2-3-7(8)9/h2-4H,5,11H2,1H3/t9-/m0/s1. The molecule has 0 saturated carbocycles. The van der Waals surface area contributed by atoms with Crippen LogP contribution in [0.15, 0.2) is 22.7 Å². The van der Waals surface area contributed by atoms with Crippen LogP contribution in [0.1, 0.15) is 12.5 Å². The highest BCUT2D eigenvalue weighted by Crippen LogP contribution is 2.36. The molecule has 3 heteroatoms. The molecule has 0 amide bonds. The summed E-state index contributed by atoms with van der Waals surface area (Å²) in [6.45, 7) is 2.55. The van der Waals surface area contributed by atoms with Gasteiger partial charge in [0.2, 0.25) is 0 Å². The van der Waals surface area contributed by atoms with Crippen LogP contribution in [-0.2, 0) is 5.54 Å². The average molecular weight is 228 g/mol. The third kappa shape index (κ3) is 1.13. The van der Waals surface area contributed by atoms with E-state index in [1.54, 1.807) is 0 Å². The van der Waals surface area contributed by atoms with Crippen molar-refractivity contribution < 1.29 is 4.74 Å². The zero-order valence-electron chi connectivity index (χ0n) is 6.80. The Hall–Kier alpha value is -0.540. The first-order chi connectivity index (χ1) is 5.59. The second kappa shape index (κ2) is 2.47. The van der Waals surface area contributed by atoms with E-state index in [4.69, 9.17) is 10.5 Å². The molecule has 0 fully saturated rings. The number of ether oxygens (including phenoxy) is 1. The first kappa shape index (κ1) is 8.08. The van der Waals surface area contributed by atoms with Crippen molar-refractivity contribution in [3.63, 3.8) is 0 Å². The molecule has 64 valence electrons. The van der Waals surface area contributed by atoms with Crippen LogP contribution in [0.5, 0.6) is 5.75 Å². The maximum Gasteiger partial charge on any atom is 0.125 e. The van der Waals surface area contributed by atoms with Crippen LogP contribution in [0.25, 0.3) is 0 Å². The van der Waals surface area contributed by atoms with Crippen molar-refractivity contribution in [1.82, 2.24) is 0 Å². The Morgan fingerprint density at radius 2 is 2.33 bits per heavy atom. The molecule has 2 rings (SSSR count). The molecule has 0 aromatic heterocycles. The minimum absolute atomic E-state index is 0.323. The smallest absolute Gasteiger partial charge is 0.125 e. The van der Waals surface area contributed by atoms with Crippen molar-refractivity contribution in [1.29, 1.82) is 0 Å². The lowest BCUT2D eigenvalue weighted by atomic mass is 9.96. The molecule has 2 nitrogen and oxygen atoms in total. The van der Waals surface area contributed by atoms with Crippen LogP contribution < -0.4 is 10.5 Å². The topological polar surface area (TPSA) is 35.2 Å². The van der Waals surface area contributed by atoms with Gasteiger partial charge in [-0.2, -0.15) is 0 Å². The molecule has 1 aromatic carbocycles. The fourth-order valence-electron chi connectivity index (χ4n) is 1.39. The summed E-state index contributed by atoms with van der Waals surface area (Å²) in [5.41, 5.74) is 6.76. The van der Waals surface area contributed by atoms with E-state index >= 15 is 0 Å². The predicted molar refractivity (Wildman–Crippen MR) is 51.2 cm³/mol. The first-order valence-electron chi connectivity index (χ1n) is 3.81. The molecule has 0 radical (unpaired) electrons. The van der Waals surface area contributed by atoms with Gasteiger partial charge < -0.3 is 10.5 Å². The van der Waals surface area contributed by atoms with E-state index in [2.05, 4.69) is 15.9 Å². The molecule has 0 bridgehead atoms. The summed E-state index contributed by atoms with van der Waals surface area (Å²) in [5, 5.41) is 0. The van der Waals surface area contributed by atoms with Crippen molar-refractivity contribution in [2.45, 2.75) is 12.5 Å². The molecule has 0 spiro atoms. The second-order valence-corrected chi connectivity index (χ2v) is 4.26. The van der Waals surface area contributed by atoms with Gasteiger partial charge in [-0.05, 0) is 19.1 Å². The maximum atomic E-state index is 6.00. The van der Waals surface area contributed by atoms with Gasteiger partial charge in [-0.3, -0.25) is 0 Å². The number of benzene rings is 1. The maximum absolute atomic E-state index is 6.00. The summed E-state index contributed by atoms with van der Waals surface area (Å²) in [7, 11) is 0. The van der Waals surface area contributed by atoms with Crippen LogP contribution in [0.3, 0.4) is 0 Å². The Morgan fingerprint density at radius 1 is 1.58 bits per heavy atom. The normalized spacial score (nSPS) is 26.6. The molecule has 1 heterocycles. The van der Waals surface area contributed by atoms with Crippen LogP contribution in [0.4, 0.5) is 0 Å². The van der Waals surface area contributed by atoms with Gasteiger partial charge in [-0.15, -0.1) is 0 Å². The van der Waals surface area contributed by atoms with Crippen molar-refractivity contribution in [3.8, 4) is 5.75 Å². The molecule has 0 saturated heterocycles. The number of hydrogen-bond donors (Lipinski definition) is 1. The highest BCUT2D eigenvalue weighted by molar-refractivity contribution is 9.10. The second-order valence-electron chi connectivity index (χ2n) is 3.35. The van der Waals surface area contributed by atoms with Crippen molar-refractivity contribution >= 4 is 15.9 Å². The van der Waals surface area contributed by atoms with Gasteiger partial charge in [0, 0.05) is 10.0 Å². The summed E-state index contributed by atoms with van der Waals surface area (Å²) in [6, 6.07) is 5.94. The van der Waals surface area contributed by atoms with Gasteiger partial charge in [-0.1, -0.05) is 22.0 Å². The van der Waals surface area contributed by atoms with Crippen LogP contribution in [0.2, 0.25) is 0 Å². The molecule has 2 N–H and O–H groups in total. The van der Waals surface area contributed by atoms with E-state index < -0.39 is 0 Å². The van der Waals surface area contributed by atoms with Gasteiger partial charge >= 0.3 is 0 Å². The quantitative estimate of drug-likeness (QED) is 0.737. The van der Waals surface area contributed by atoms with E-state index in [-0.39, 0.29) is 5.54 Å². The summed E-state index contributed by atoms with van der Waals surface area (Å²) < 4.78 is 6.47. The largest absolute Gasteiger partial charge is 0.491 e. The van der Waals surface area contributed by atoms with Crippen LogP contribution >= 0.6 is 15.9 Å². The Labute approximate surface area is 79.8 Å². The molecule has 1 aliphatic heterocycles.